The number of allylic oxidation sites excluding steroid dienone is 3. The second kappa shape index (κ2) is 7.99. The van der Waals surface area contributed by atoms with Crippen molar-refractivity contribution in [2.75, 3.05) is 6.61 Å². The van der Waals surface area contributed by atoms with E-state index in [4.69, 9.17) is 9.47 Å². The van der Waals surface area contributed by atoms with Crippen molar-refractivity contribution < 1.29 is 19.1 Å². The predicted molar refractivity (Wildman–Crippen MR) is 103 cm³/mol. The number of hydrogen-bond acceptors (Lipinski definition) is 5. The first-order valence-electron chi connectivity index (χ1n) is 9.60. The van der Waals surface area contributed by atoms with Crippen LogP contribution < -0.4 is 10.1 Å². The average molecular weight is 369 g/mol. The second-order valence-corrected chi connectivity index (χ2v) is 7.19. The van der Waals surface area contributed by atoms with Crippen LogP contribution in [0.15, 0.2) is 46.8 Å². The monoisotopic (exact) mass is 369 g/mol. The molecule has 1 N–H and O–H groups in total. The Labute approximate surface area is 160 Å². The predicted octanol–water partition coefficient (Wildman–Crippen LogP) is 4.00. The van der Waals surface area contributed by atoms with E-state index in [1.165, 1.54) is 0 Å². The molecule has 2 aliphatic rings. The van der Waals surface area contributed by atoms with Gasteiger partial charge in [0, 0.05) is 29.0 Å². The highest BCUT2D eigenvalue weighted by Crippen LogP contribution is 2.45. The number of esters is 1. The SMILES string of the molecule is CCOc1ccccc1C1C(C(=O)OC(C)C)=C(C)NC2=C1C(=O)CCC2. The molecule has 1 aliphatic heterocycles. The molecule has 144 valence electrons. The van der Waals surface area contributed by atoms with E-state index in [9.17, 15) is 9.59 Å². The summed E-state index contributed by atoms with van der Waals surface area (Å²) in [5, 5.41) is 3.30. The van der Waals surface area contributed by atoms with E-state index in [0.717, 1.165) is 29.8 Å². The quantitative estimate of drug-likeness (QED) is 0.795. The van der Waals surface area contributed by atoms with Crippen molar-refractivity contribution in [1.29, 1.82) is 0 Å². The van der Waals surface area contributed by atoms with Crippen molar-refractivity contribution in [3.63, 3.8) is 0 Å². The van der Waals surface area contributed by atoms with Gasteiger partial charge >= 0.3 is 5.97 Å². The maximum absolute atomic E-state index is 13.0. The zero-order valence-corrected chi connectivity index (χ0v) is 16.4. The van der Waals surface area contributed by atoms with Gasteiger partial charge in [-0.05, 0) is 46.6 Å². The maximum atomic E-state index is 13.0. The number of carbonyl (C=O) groups excluding carboxylic acids is 2. The van der Waals surface area contributed by atoms with Crippen LogP contribution in [0.1, 0.15) is 58.4 Å². The number of Topliss-reactive ketones (excluding diaryl/α,β-unsaturated/α-hetero) is 1. The van der Waals surface area contributed by atoms with Gasteiger partial charge in [-0.1, -0.05) is 18.2 Å². The van der Waals surface area contributed by atoms with Crippen molar-refractivity contribution in [3.8, 4) is 5.75 Å². The highest BCUT2D eigenvalue weighted by atomic mass is 16.5. The molecule has 1 aromatic carbocycles. The molecule has 0 aromatic heterocycles. The minimum atomic E-state index is -0.469. The lowest BCUT2D eigenvalue weighted by Gasteiger charge is -2.35. The van der Waals surface area contributed by atoms with Gasteiger partial charge in [0.1, 0.15) is 5.75 Å². The van der Waals surface area contributed by atoms with Crippen LogP contribution >= 0.6 is 0 Å². The van der Waals surface area contributed by atoms with Crippen LogP contribution in [0.4, 0.5) is 0 Å². The molecule has 5 heteroatoms. The van der Waals surface area contributed by atoms with Crippen LogP contribution in [0.25, 0.3) is 0 Å². The van der Waals surface area contributed by atoms with E-state index in [-0.39, 0.29) is 11.9 Å². The van der Waals surface area contributed by atoms with Crippen LogP contribution in [-0.4, -0.2) is 24.5 Å². The van der Waals surface area contributed by atoms with E-state index >= 15 is 0 Å². The van der Waals surface area contributed by atoms with Crippen LogP contribution in [0.3, 0.4) is 0 Å². The summed E-state index contributed by atoms with van der Waals surface area (Å²) in [5.41, 5.74) is 3.66. The fraction of sp³-hybridized carbons (Fsp3) is 0.455. The summed E-state index contributed by atoms with van der Waals surface area (Å²) in [6, 6.07) is 7.63. The third-order valence-electron chi connectivity index (χ3n) is 4.87. The summed E-state index contributed by atoms with van der Waals surface area (Å²) in [7, 11) is 0. The van der Waals surface area contributed by atoms with Crippen molar-refractivity contribution in [3.05, 3.63) is 52.4 Å². The molecule has 3 rings (SSSR count). The molecule has 0 radical (unpaired) electrons. The molecule has 1 heterocycles. The standard InChI is InChI=1S/C22H27NO4/c1-5-26-18-12-7-6-9-15(18)20-19(22(25)27-13(2)3)14(4)23-16-10-8-11-17(24)21(16)20/h6-7,9,12-13,20,23H,5,8,10-11H2,1-4H3. The maximum Gasteiger partial charge on any atom is 0.337 e. The van der Waals surface area contributed by atoms with E-state index in [1.54, 1.807) is 0 Å². The summed E-state index contributed by atoms with van der Waals surface area (Å²) in [4.78, 5) is 25.8. The Kier molecular flexibility index (Phi) is 5.68. The molecule has 5 nitrogen and oxygen atoms in total. The molecule has 1 atom stereocenters. The van der Waals surface area contributed by atoms with Crippen molar-refractivity contribution in [1.82, 2.24) is 5.32 Å². The lowest BCUT2D eigenvalue weighted by atomic mass is 9.75. The number of hydrogen-bond donors (Lipinski definition) is 1. The van der Waals surface area contributed by atoms with Crippen LogP contribution in [0.5, 0.6) is 5.75 Å². The van der Waals surface area contributed by atoms with Crippen molar-refractivity contribution in [2.45, 2.75) is 59.0 Å². The zero-order chi connectivity index (χ0) is 19.6. The Morgan fingerprint density at radius 2 is 2.00 bits per heavy atom. The molecule has 27 heavy (non-hydrogen) atoms. The molecular formula is C22H27NO4. The molecule has 1 aliphatic carbocycles. The number of dihydropyridines is 1. The van der Waals surface area contributed by atoms with E-state index in [0.29, 0.717) is 29.9 Å². The first kappa shape index (κ1) is 19.2. The Balaban J connectivity index is 2.18. The van der Waals surface area contributed by atoms with E-state index in [1.807, 2.05) is 52.0 Å². The fourth-order valence-corrected chi connectivity index (χ4v) is 3.85. The van der Waals surface area contributed by atoms with E-state index < -0.39 is 11.9 Å². The van der Waals surface area contributed by atoms with Gasteiger partial charge in [-0.3, -0.25) is 4.79 Å². The Morgan fingerprint density at radius 1 is 1.26 bits per heavy atom. The molecule has 0 saturated carbocycles. The molecular weight excluding hydrogens is 342 g/mol. The summed E-state index contributed by atoms with van der Waals surface area (Å²) >= 11 is 0. The van der Waals surface area contributed by atoms with Gasteiger partial charge in [0.15, 0.2) is 5.78 Å². The van der Waals surface area contributed by atoms with Gasteiger partial charge in [0.2, 0.25) is 0 Å². The largest absolute Gasteiger partial charge is 0.494 e. The summed E-state index contributed by atoms with van der Waals surface area (Å²) in [5.74, 6) is -0.0820. The number of carbonyl (C=O) groups is 2. The Morgan fingerprint density at radius 3 is 2.70 bits per heavy atom. The van der Waals surface area contributed by atoms with Gasteiger partial charge in [0.05, 0.1) is 24.2 Å². The Bertz CT molecular complexity index is 819. The summed E-state index contributed by atoms with van der Waals surface area (Å²) in [6.45, 7) is 7.95. The lowest BCUT2D eigenvalue weighted by Crippen LogP contribution is -2.35. The van der Waals surface area contributed by atoms with Gasteiger partial charge in [-0.2, -0.15) is 0 Å². The Hall–Kier alpha value is -2.56. The van der Waals surface area contributed by atoms with Gasteiger partial charge in [-0.25, -0.2) is 4.79 Å². The third kappa shape index (κ3) is 3.77. The average Bonchev–Trinajstić information content (AvgIpc) is 2.61. The third-order valence-corrected chi connectivity index (χ3v) is 4.87. The molecule has 0 bridgehead atoms. The van der Waals surface area contributed by atoms with Crippen LogP contribution in [0, 0.1) is 0 Å². The fourth-order valence-electron chi connectivity index (χ4n) is 3.85. The van der Waals surface area contributed by atoms with Crippen molar-refractivity contribution >= 4 is 11.8 Å². The number of para-hydroxylation sites is 1. The smallest absolute Gasteiger partial charge is 0.337 e. The molecule has 0 amide bonds. The number of rotatable bonds is 5. The van der Waals surface area contributed by atoms with Crippen molar-refractivity contribution in [2.24, 2.45) is 0 Å². The lowest BCUT2D eigenvalue weighted by molar-refractivity contribution is -0.143. The van der Waals surface area contributed by atoms with Gasteiger partial charge < -0.3 is 14.8 Å². The first-order valence-corrected chi connectivity index (χ1v) is 9.60. The molecule has 0 fully saturated rings. The highest BCUT2D eigenvalue weighted by Gasteiger charge is 2.40. The number of ketones is 1. The second-order valence-electron chi connectivity index (χ2n) is 7.19. The minimum Gasteiger partial charge on any atom is -0.494 e. The number of nitrogens with one attached hydrogen (secondary N) is 1. The topological polar surface area (TPSA) is 64.6 Å². The molecule has 0 saturated heterocycles. The summed E-state index contributed by atoms with van der Waals surface area (Å²) in [6.07, 6.45) is 1.89. The molecule has 1 unspecified atom stereocenters. The van der Waals surface area contributed by atoms with Crippen LogP contribution in [-0.2, 0) is 14.3 Å². The van der Waals surface area contributed by atoms with E-state index in [2.05, 4.69) is 5.32 Å². The van der Waals surface area contributed by atoms with Gasteiger partial charge in [0.25, 0.3) is 0 Å². The van der Waals surface area contributed by atoms with Crippen LogP contribution in [0.2, 0.25) is 0 Å². The first-order chi connectivity index (χ1) is 12.9. The normalized spacial score (nSPS) is 19.7. The number of benzene rings is 1. The molecule has 0 spiro atoms. The van der Waals surface area contributed by atoms with Gasteiger partial charge in [-0.15, -0.1) is 0 Å². The number of ether oxygens (including phenoxy) is 2. The zero-order valence-electron chi connectivity index (χ0n) is 16.4. The minimum absolute atomic E-state index is 0.0856. The summed E-state index contributed by atoms with van der Waals surface area (Å²) < 4.78 is 11.3. The molecule has 1 aromatic rings. The highest BCUT2D eigenvalue weighted by molar-refractivity contribution is 6.04.